The Labute approximate surface area is 144 Å². The Balaban J connectivity index is 2.39. The highest BCUT2D eigenvalue weighted by molar-refractivity contribution is 5.94. The Hall–Kier alpha value is -1.78. The second-order valence-electron chi connectivity index (χ2n) is 6.01. The normalized spacial score (nSPS) is 13.7. The van der Waals surface area contributed by atoms with Gasteiger partial charge < -0.3 is 19.7 Å². The van der Waals surface area contributed by atoms with Crippen LogP contribution in [0, 0.1) is 0 Å². The van der Waals surface area contributed by atoms with Gasteiger partial charge in [0.1, 0.15) is 24.7 Å². The molecule has 2 unspecified atom stereocenters. The van der Waals surface area contributed by atoms with E-state index in [9.17, 15) is 10.2 Å². The number of hydrogen-bond acceptors (Lipinski definition) is 4. The minimum Gasteiger partial charge on any atom is -0.490 e. The van der Waals surface area contributed by atoms with Gasteiger partial charge in [0, 0.05) is 10.8 Å². The van der Waals surface area contributed by atoms with Gasteiger partial charge in [-0.2, -0.15) is 0 Å². The number of rotatable bonds is 9. The van der Waals surface area contributed by atoms with Crippen LogP contribution >= 0.6 is 0 Å². The Kier molecular flexibility index (Phi) is 6.88. The van der Waals surface area contributed by atoms with Crippen molar-refractivity contribution in [1.82, 2.24) is 0 Å². The van der Waals surface area contributed by atoms with Crippen LogP contribution in [-0.2, 0) is 6.42 Å². The van der Waals surface area contributed by atoms with Crippen molar-refractivity contribution in [2.24, 2.45) is 0 Å². The van der Waals surface area contributed by atoms with E-state index in [2.05, 4.69) is 6.92 Å². The van der Waals surface area contributed by atoms with Crippen LogP contribution in [-0.4, -0.2) is 35.6 Å². The van der Waals surface area contributed by atoms with Crippen molar-refractivity contribution in [3.8, 4) is 11.5 Å². The van der Waals surface area contributed by atoms with Gasteiger partial charge in [0.05, 0.1) is 12.2 Å². The van der Waals surface area contributed by atoms with Crippen LogP contribution in [0.2, 0.25) is 0 Å². The summed E-state index contributed by atoms with van der Waals surface area (Å²) in [5, 5.41) is 21.5. The lowest BCUT2D eigenvalue weighted by Gasteiger charge is -2.19. The molecule has 0 heterocycles. The number of hydrogen-bond donors (Lipinski definition) is 2. The molecule has 0 saturated heterocycles. The molecule has 2 atom stereocenters. The van der Waals surface area contributed by atoms with Crippen molar-refractivity contribution < 1.29 is 19.7 Å². The van der Waals surface area contributed by atoms with Crippen LogP contribution in [0.15, 0.2) is 30.3 Å². The van der Waals surface area contributed by atoms with Gasteiger partial charge in [-0.15, -0.1) is 0 Å². The number of benzene rings is 2. The molecule has 4 heteroatoms. The molecule has 0 aromatic heterocycles. The van der Waals surface area contributed by atoms with Gasteiger partial charge in [-0.25, -0.2) is 0 Å². The second kappa shape index (κ2) is 8.90. The predicted molar refractivity (Wildman–Crippen MR) is 96.9 cm³/mol. The summed E-state index contributed by atoms with van der Waals surface area (Å²) >= 11 is 0. The average Bonchev–Trinajstić information content (AvgIpc) is 2.63. The topological polar surface area (TPSA) is 58.9 Å². The molecule has 2 rings (SSSR count). The molecule has 0 amide bonds. The Morgan fingerprint density at radius 1 is 0.875 bits per heavy atom. The molecule has 2 aromatic rings. The fourth-order valence-corrected chi connectivity index (χ4v) is 2.52. The van der Waals surface area contributed by atoms with E-state index < -0.39 is 12.2 Å². The van der Waals surface area contributed by atoms with Crippen molar-refractivity contribution in [3.05, 3.63) is 35.9 Å². The lowest BCUT2D eigenvalue weighted by Crippen LogP contribution is -2.17. The first kappa shape index (κ1) is 18.6. The van der Waals surface area contributed by atoms with E-state index in [4.69, 9.17) is 9.47 Å². The summed E-state index contributed by atoms with van der Waals surface area (Å²) in [7, 11) is 0. The molecule has 24 heavy (non-hydrogen) atoms. The van der Waals surface area contributed by atoms with Crippen molar-refractivity contribution in [1.29, 1.82) is 0 Å². The smallest absolute Gasteiger partial charge is 0.130 e. The molecule has 0 fully saturated rings. The maximum absolute atomic E-state index is 9.80. The van der Waals surface area contributed by atoms with Crippen molar-refractivity contribution in [2.75, 3.05) is 13.2 Å². The molecule has 0 aliphatic carbocycles. The summed E-state index contributed by atoms with van der Waals surface area (Å²) < 4.78 is 11.8. The molecule has 2 aromatic carbocycles. The summed E-state index contributed by atoms with van der Waals surface area (Å²) in [6.45, 7) is 6.49. The quantitative estimate of drug-likeness (QED) is 0.735. The van der Waals surface area contributed by atoms with E-state index in [1.165, 1.54) is 0 Å². The number of aryl methyl sites for hydroxylation is 1. The van der Waals surface area contributed by atoms with Gasteiger partial charge in [-0.05, 0) is 30.9 Å². The average molecular weight is 332 g/mol. The molecule has 0 spiro atoms. The van der Waals surface area contributed by atoms with Gasteiger partial charge in [-0.1, -0.05) is 45.0 Å². The molecule has 132 valence electrons. The van der Waals surface area contributed by atoms with E-state index >= 15 is 0 Å². The number of fused-ring (bicyclic) bond motifs is 1. The molecule has 0 aliphatic rings. The maximum Gasteiger partial charge on any atom is 0.130 e. The number of aliphatic hydroxyl groups is 2. The first-order chi connectivity index (χ1) is 11.6. The minimum atomic E-state index is -0.468. The standard InChI is InChI=1S/C20H28O4/c1-4-14-11-19(23-12-15(21)5-2)17-9-7-8-10-18(17)20(14)24-13-16(22)6-3/h7-11,15-16,21-22H,4-6,12-13H2,1-3H3. The molecule has 0 saturated carbocycles. The zero-order valence-corrected chi connectivity index (χ0v) is 14.8. The third-order valence-corrected chi connectivity index (χ3v) is 4.21. The zero-order valence-electron chi connectivity index (χ0n) is 14.8. The summed E-state index contributed by atoms with van der Waals surface area (Å²) in [6.07, 6.45) is 1.19. The molecular weight excluding hydrogens is 304 g/mol. The molecule has 0 radical (unpaired) electrons. The van der Waals surface area contributed by atoms with Crippen molar-refractivity contribution in [3.63, 3.8) is 0 Å². The Bertz CT molecular complexity index is 653. The van der Waals surface area contributed by atoms with Gasteiger partial charge in [0.2, 0.25) is 0 Å². The highest BCUT2D eigenvalue weighted by Gasteiger charge is 2.15. The van der Waals surface area contributed by atoms with Crippen LogP contribution in [0.1, 0.15) is 39.2 Å². The second-order valence-corrected chi connectivity index (χ2v) is 6.01. The summed E-state index contributed by atoms with van der Waals surface area (Å²) in [5.74, 6) is 1.57. The highest BCUT2D eigenvalue weighted by Crippen LogP contribution is 2.37. The van der Waals surface area contributed by atoms with E-state index in [0.29, 0.717) is 12.8 Å². The third kappa shape index (κ3) is 4.40. The van der Waals surface area contributed by atoms with E-state index in [-0.39, 0.29) is 13.2 Å². The monoisotopic (exact) mass is 332 g/mol. The van der Waals surface area contributed by atoms with E-state index in [0.717, 1.165) is 34.3 Å². The van der Waals surface area contributed by atoms with Crippen LogP contribution in [0.5, 0.6) is 11.5 Å². The van der Waals surface area contributed by atoms with Crippen molar-refractivity contribution >= 4 is 10.8 Å². The minimum absolute atomic E-state index is 0.276. The molecule has 0 aliphatic heterocycles. The molecule has 0 bridgehead atoms. The fourth-order valence-electron chi connectivity index (χ4n) is 2.52. The first-order valence-electron chi connectivity index (χ1n) is 8.76. The van der Waals surface area contributed by atoms with Crippen LogP contribution < -0.4 is 9.47 Å². The van der Waals surface area contributed by atoms with Gasteiger partial charge >= 0.3 is 0 Å². The number of aliphatic hydroxyl groups excluding tert-OH is 2. The highest BCUT2D eigenvalue weighted by atomic mass is 16.5. The largest absolute Gasteiger partial charge is 0.490 e. The predicted octanol–water partition coefficient (Wildman–Crippen LogP) is 3.70. The van der Waals surface area contributed by atoms with Crippen LogP contribution in [0.4, 0.5) is 0 Å². The molecular formula is C20H28O4. The molecule has 4 nitrogen and oxygen atoms in total. The summed E-state index contributed by atoms with van der Waals surface area (Å²) in [5.41, 5.74) is 1.04. The van der Waals surface area contributed by atoms with Gasteiger partial charge in [0.15, 0.2) is 0 Å². The first-order valence-corrected chi connectivity index (χ1v) is 8.76. The zero-order chi connectivity index (χ0) is 17.5. The van der Waals surface area contributed by atoms with E-state index in [1.54, 1.807) is 0 Å². The lowest BCUT2D eigenvalue weighted by atomic mass is 10.0. The fraction of sp³-hybridized carbons (Fsp3) is 0.500. The Morgan fingerprint density at radius 3 is 2.04 bits per heavy atom. The summed E-state index contributed by atoms with van der Waals surface area (Å²) in [4.78, 5) is 0. The maximum atomic E-state index is 9.80. The summed E-state index contributed by atoms with van der Waals surface area (Å²) in [6, 6.07) is 9.91. The van der Waals surface area contributed by atoms with Crippen LogP contribution in [0.25, 0.3) is 10.8 Å². The Morgan fingerprint density at radius 2 is 1.46 bits per heavy atom. The lowest BCUT2D eigenvalue weighted by molar-refractivity contribution is 0.103. The molecule has 2 N–H and O–H groups in total. The van der Waals surface area contributed by atoms with Gasteiger partial charge in [0.25, 0.3) is 0 Å². The third-order valence-electron chi connectivity index (χ3n) is 4.21. The SMILES string of the molecule is CCc1cc(OCC(O)CC)c2ccccc2c1OCC(O)CC. The van der Waals surface area contributed by atoms with Gasteiger partial charge in [-0.3, -0.25) is 0 Å². The number of ether oxygens (including phenoxy) is 2. The van der Waals surface area contributed by atoms with Crippen molar-refractivity contribution in [2.45, 2.75) is 52.2 Å². The van der Waals surface area contributed by atoms with E-state index in [1.807, 2.05) is 44.2 Å². The van der Waals surface area contributed by atoms with Crippen LogP contribution in [0.3, 0.4) is 0 Å².